The van der Waals surface area contributed by atoms with Crippen LogP contribution in [0.2, 0.25) is 0 Å². The summed E-state index contributed by atoms with van der Waals surface area (Å²) < 4.78 is 0. The second-order valence-corrected chi connectivity index (χ2v) is 4.66. The molecule has 0 amide bonds. The van der Waals surface area contributed by atoms with Crippen molar-refractivity contribution in [3.8, 4) is 0 Å². The van der Waals surface area contributed by atoms with E-state index in [2.05, 4.69) is 26.4 Å². The van der Waals surface area contributed by atoms with Crippen LogP contribution in [-0.4, -0.2) is 17.8 Å². The van der Waals surface area contributed by atoms with Crippen molar-refractivity contribution in [2.75, 3.05) is 12.5 Å². The molecule has 0 aromatic heterocycles. The van der Waals surface area contributed by atoms with Crippen molar-refractivity contribution in [3.63, 3.8) is 0 Å². The molecule has 0 spiro atoms. The Morgan fingerprint density at radius 2 is 1.86 bits per heavy atom. The molecule has 0 radical (unpaired) electrons. The van der Waals surface area contributed by atoms with Crippen LogP contribution in [0.4, 0.5) is 0 Å². The Kier molecular flexibility index (Phi) is 3.53. The van der Waals surface area contributed by atoms with E-state index in [1.807, 2.05) is 0 Å². The minimum absolute atomic E-state index is 0.640. The molecular formula is C6H15S+. The molecule has 0 fully saturated rings. The molecule has 0 aliphatic heterocycles. The molecule has 44 valence electrons. The lowest BCUT2D eigenvalue weighted by molar-refractivity contribution is 0.901. The van der Waals surface area contributed by atoms with Crippen molar-refractivity contribution in [2.45, 2.75) is 25.5 Å². The van der Waals surface area contributed by atoms with Gasteiger partial charge < -0.3 is 0 Å². The zero-order chi connectivity index (χ0) is 5.86. The lowest BCUT2D eigenvalue weighted by atomic mass is 10.4. The van der Waals surface area contributed by atoms with Gasteiger partial charge in [0.2, 0.25) is 0 Å². The Balaban J connectivity index is 3.14. The first kappa shape index (κ1) is 7.35. The highest BCUT2D eigenvalue weighted by Gasteiger charge is 2.10. The maximum Gasteiger partial charge on any atom is 0.114 e. The summed E-state index contributed by atoms with van der Waals surface area (Å²) in [5.74, 6) is 0. The molecule has 1 atom stereocenters. The minimum Gasteiger partial charge on any atom is -0.0606 e. The van der Waals surface area contributed by atoms with Gasteiger partial charge in [-0.2, -0.15) is 0 Å². The fourth-order valence-electron chi connectivity index (χ4n) is 0.333. The highest BCUT2D eigenvalue weighted by atomic mass is 32.2. The first-order valence-corrected chi connectivity index (χ1v) is 4.85. The molecular weight excluding hydrogens is 104 g/mol. The molecule has 0 N–H and O–H groups in total. The molecule has 1 heteroatoms. The summed E-state index contributed by atoms with van der Waals surface area (Å²) in [4.78, 5) is 0. The van der Waals surface area contributed by atoms with E-state index >= 15 is 0 Å². The summed E-state index contributed by atoms with van der Waals surface area (Å²) in [6.07, 6.45) is 5.93. The topological polar surface area (TPSA) is 0 Å². The van der Waals surface area contributed by atoms with Gasteiger partial charge in [0.05, 0.1) is 12.5 Å². The fourth-order valence-corrected chi connectivity index (χ4v) is 1.000. The van der Waals surface area contributed by atoms with Gasteiger partial charge in [0, 0.05) is 0 Å². The van der Waals surface area contributed by atoms with Crippen molar-refractivity contribution in [1.29, 1.82) is 0 Å². The lowest BCUT2D eigenvalue weighted by Crippen LogP contribution is -2.12. The Hall–Kier alpha value is 0.350. The van der Waals surface area contributed by atoms with Crippen molar-refractivity contribution >= 4 is 10.9 Å². The summed E-state index contributed by atoms with van der Waals surface area (Å²) in [6, 6.07) is 0. The van der Waals surface area contributed by atoms with E-state index in [9.17, 15) is 0 Å². The fraction of sp³-hybridized carbons (Fsp3) is 1.00. The third-order valence-electron chi connectivity index (χ3n) is 1.38. The van der Waals surface area contributed by atoms with Crippen molar-refractivity contribution in [1.82, 2.24) is 0 Å². The predicted molar refractivity (Wildman–Crippen MR) is 39.0 cm³/mol. The van der Waals surface area contributed by atoms with Gasteiger partial charge in [0.15, 0.2) is 0 Å². The van der Waals surface area contributed by atoms with E-state index in [0.717, 1.165) is 5.25 Å². The van der Waals surface area contributed by atoms with Crippen LogP contribution in [0.1, 0.15) is 20.3 Å². The predicted octanol–water partition coefficient (Wildman–Crippen LogP) is 1.66. The standard InChI is InChI=1S/C6H15S/c1-5-6(2)7(3)4/h6H,5H2,1-4H3/q+1. The Labute approximate surface area is 49.7 Å². The summed E-state index contributed by atoms with van der Waals surface area (Å²) in [5, 5.41) is 0.931. The van der Waals surface area contributed by atoms with E-state index in [0.29, 0.717) is 10.9 Å². The van der Waals surface area contributed by atoms with Crippen molar-refractivity contribution < 1.29 is 0 Å². The highest BCUT2D eigenvalue weighted by Crippen LogP contribution is 2.01. The summed E-state index contributed by atoms with van der Waals surface area (Å²) in [6.45, 7) is 4.56. The molecule has 1 unspecified atom stereocenters. The first-order chi connectivity index (χ1) is 3.18. The molecule has 0 aromatic rings. The first-order valence-electron chi connectivity index (χ1n) is 2.74. The van der Waals surface area contributed by atoms with E-state index < -0.39 is 0 Å². The average Bonchev–Trinajstić information content (AvgIpc) is 1.65. The third kappa shape index (κ3) is 2.98. The second-order valence-electron chi connectivity index (χ2n) is 2.10. The van der Waals surface area contributed by atoms with Gasteiger partial charge in [0.1, 0.15) is 5.25 Å². The minimum atomic E-state index is 0.640. The summed E-state index contributed by atoms with van der Waals surface area (Å²) in [5.41, 5.74) is 0. The second kappa shape index (κ2) is 3.36. The molecule has 0 heterocycles. The largest absolute Gasteiger partial charge is 0.114 e. The van der Waals surface area contributed by atoms with Crippen LogP contribution in [0.5, 0.6) is 0 Å². The highest BCUT2D eigenvalue weighted by molar-refractivity contribution is 7.96. The molecule has 0 aliphatic rings. The van der Waals surface area contributed by atoms with E-state index in [1.165, 1.54) is 6.42 Å². The van der Waals surface area contributed by atoms with Crippen LogP contribution in [0.25, 0.3) is 0 Å². The van der Waals surface area contributed by atoms with Crippen LogP contribution in [-0.2, 0) is 10.9 Å². The van der Waals surface area contributed by atoms with Crippen LogP contribution < -0.4 is 0 Å². The van der Waals surface area contributed by atoms with Crippen LogP contribution in [0.3, 0.4) is 0 Å². The van der Waals surface area contributed by atoms with Gasteiger partial charge in [-0.25, -0.2) is 0 Å². The van der Waals surface area contributed by atoms with Crippen LogP contribution in [0, 0.1) is 0 Å². The molecule has 0 saturated heterocycles. The zero-order valence-corrected chi connectivity index (χ0v) is 6.51. The SMILES string of the molecule is CCC(C)[S+](C)C. The Bertz CT molecular complexity index is 41.4. The summed E-state index contributed by atoms with van der Waals surface area (Å²) in [7, 11) is 0.640. The van der Waals surface area contributed by atoms with E-state index in [-0.39, 0.29) is 0 Å². The molecule has 0 aliphatic carbocycles. The van der Waals surface area contributed by atoms with Crippen LogP contribution >= 0.6 is 0 Å². The Morgan fingerprint density at radius 1 is 1.43 bits per heavy atom. The van der Waals surface area contributed by atoms with Crippen molar-refractivity contribution in [2.24, 2.45) is 0 Å². The zero-order valence-electron chi connectivity index (χ0n) is 5.69. The van der Waals surface area contributed by atoms with Crippen molar-refractivity contribution in [3.05, 3.63) is 0 Å². The number of hydrogen-bond donors (Lipinski definition) is 0. The quantitative estimate of drug-likeness (QED) is 0.485. The van der Waals surface area contributed by atoms with Gasteiger partial charge in [-0.05, 0) is 24.2 Å². The van der Waals surface area contributed by atoms with Gasteiger partial charge in [-0.3, -0.25) is 0 Å². The summed E-state index contributed by atoms with van der Waals surface area (Å²) >= 11 is 0. The maximum atomic E-state index is 2.31. The molecule has 0 saturated carbocycles. The third-order valence-corrected chi connectivity index (χ3v) is 3.32. The van der Waals surface area contributed by atoms with Gasteiger partial charge in [-0.15, -0.1) is 0 Å². The molecule has 0 bridgehead atoms. The van der Waals surface area contributed by atoms with Gasteiger partial charge in [0.25, 0.3) is 0 Å². The van der Waals surface area contributed by atoms with E-state index in [4.69, 9.17) is 0 Å². The monoisotopic (exact) mass is 119 g/mol. The van der Waals surface area contributed by atoms with E-state index in [1.54, 1.807) is 0 Å². The van der Waals surface area contributed by atoms with Gasteiger partial charge >= 0.3 is 0 Å². The average molecular weight is 119 g/mol. The number of rotatable bonds is 2. The number of hydrogen-bond acceptors (Lipinski definition) is 0. The molecule has 0 rings (SSSR count). The van der Waals surface area contributed by atoms with Gasteiger partial charge in [-0.1, -0.05) is 6.92 Å². The normalized spacial score (nSPS) is 15.0. The molecule has 0 nitrogen and oxygen atoms in total. The smallest absolute Gasteiger partial charge is 0.0606 e. The molecule has 7 heavy (non-hydrogen) atoms. The maximum absolute atomic E-state index is 2.31. The van der Waals surface area contributed by atoms with Crippen LogP contribution in [0.15, 0.2) is 0 Å². The lowest BCUT2D eigenvalue weighted by Gasteiger charge is -2.01. The molecule has 0 aromatic carbocycles. The Morgan fingerprint density at radius 3 is 1.86 bits per heavy atom.